The van der Waals surface area contributed by atoms with Gasteiger partial charge in [0, 0.05) is 29.7 Å². The second-order valence-corrected chi connectivity index (χ2v) is 5.32. The number of carbonyl (C=O) groups is 1. The Morgan fingerprint density at radius 1 is 1.53 bits per heavy atom. The van der Waals surface area contributed by atoms with E-state index in [-0.39, 0.29) is 12.5 Å². The number of carbonyl (C=O) groups excluding carboxylic acids is 1. The Kier molecular flexibility index (Phi) is 6.11. The number of rotatable bonds is 6. The fourth-order valence-corrected chi connectivity index (χ4v) is 2.72. The number of thioether (sulfide) groups is 1. The van der Waals surface area contributed by atoms with Gasteiger partial charge in [-0.1, -0.05) is 18.3 Å². The lowest BCUT2D eigenvalue weighted by Crippen LogP contribution is -2.35. The molecule has 0 unspecified atom stereocenters. The van der Waals surface area contributed by atoms with Crippen LogP contribution in [0.25, 0.3) is 0 Å². The second-order valence-electron chi connectivity index (χ2n) is 4.03. The van der Waals surface area contributed by atoms with E-state index >= 15 is 0 Å². The van der Waals surface area contributed by atoms with Crippen molar-refractivity contribution in [3.8, 4) is 0 Å². The highest BCUT2D eigenvalue weighted by atomic mass is 32.2. The highest BCUT2D eigenvalue weighted by Gasteiger charge is 2.15. The SMILES string of the molecule is CCNC(=O)CN(C)c1cccc(SC)c1C(N)=S. The topological polar surface area (TPSA) is 58.4 Å². The molecule has 19 heavy (non-hydrogen) atoms. The Morgan fingerprint density at radius 2 is 2.21 bits per heavy atom. The van der Waals surface area contributed by atoms with E-state index in [4.69, 9.17) is 18.0 Å². The summed E-state index contributed by atoms with van der Waals surface area (Å²) in [6.45, 7) is 2.80. The number of hydrogen-bond acceptors (Lipinski definition) is 4. The third-order valence-electron chi connectivity index (χ3n) is 2.64. The summed E-state index contributed by atoms with van der Waals surface area (Å²) in [6.07, 6.45) is 1.98. The van der Waals surface area contributed by atoms with Gasteiger partial charge in [0.1, 0.15) is 4.99 Å². The van der Waals surface area contributed by atoms with Crippen LogP contribution in [0.2, 0.25) is 0 Å². The van der Waals surface area contributed by atoms with Crippen molar-refractivity contribution in [3.05, 3.63) is 23.8 Å². The molecule has 1 aromatic rings. The largest absolute Gasteiger partial charge is 0.389 e. The van der Waals surface area contributed by atoms with Gasteiger partial charge in [0.25, 0.3) is 0 Å². The van der Waals surface area contributed by atoms with E-state index < -0.39 is 0 Å². The molecule has 1 aromatic carbocycles. The fourth-order valence-electron chi connectivity index (χ4n) is 1.81. The molecule has 0 fully saturated rings. The minimum absolute atomic E-state index is 0.0200. The van der Waals surface area contributed by atoms with Crippen LogP contribution in [0.15, 0.2) is 23.1 Å². The average molecular weight is 297 g/mol. The smallest absolute Gasteiger partial charge is 0.239 e. The number of nitrogens with one attached hydrogen (secondary N) is 1. The summed E-state index contributed by atoms with van der Waals surface area (Å²) in [6, 6.07) is 5.84. The van der Waals surface area contributed by atoms with Gasteiger partial charge in [-0.2, -0.15) is 0 Å². The molecule has 104 valence electrons. The van der Waals surface area contributed by atoms with Crippen LogP contribution in [-0.4, -0.2) is 37.3 Å². The van der Waals surface area contributed by atoms with Crippen LogP contribution in [0.5, 0.6) is 0 Å². The van der Waals surface area contributed by atoms with E-state index in [1.807, 2.05) is 43.3 Å². The van der Waals surface area contributed by atoms with Crippen LogP contribution in [-0.2, 0) is 4.79 Å². The Bertz CT molecular complexity index is 477. The fraction of sp³-hybridized carbons (Fsp3) is 0.385. The molecule has 0 aliphatic carbocycles. The van der Waals surface area contributed by atoms with Crippen molar-refractivity contribution in [2.45, 2.75) is 11.8 Å². The molecule has 0 aliphatic rings. The molecule has 0 aromatic heterocycles. The molecule has 0 saturated carbocycles. The number of hydrogen-bond donors (Lipinski definition) is 2. The van der Waals surface area contributed by atoms with Gasteiger partial charge >= 0.3 is 0 Å². The van der Waals surface area contributed by atoms with Crippen molar-refractivity contribution in [1.82, 2.24) is 5.32 Å². The predicted molar refractivity (Wildman–Crippen MR) is 86.1 cm³/mol. The van der Waals surface area contributed by atoms with Crippen LogP contribution in [0.4, 0.5) is 5.69 Å². The molecule has 0 aliphatic heterocycles. The highest BCUT2D eigenvalue weighted by Crippen LogP contribution is 2.29. The molecule has 0 atom stereocenters. The average Bonchev–Trinajstić information content (AvgIpc) is 2.37. The summed E-state index contributed by atoms with van der Waals surface area (Å²) in [5, 5.41) is 2.77. The quantitative estimate of drug-likeness (QED) is 0.617. The summed E-state index contributed by atoms with van der Waals surface area (Å²) in [7, 11) is 1.86. The predicted octanol–water partition coefficient (Wildman–Crippen LogP) is 1.61. The van der Waals surface area contributed by atoms with E-state index in [0.717, 1.165) is 16.1 Å². The minimum Gasteiger partial charge on any atom is -0.389 e. The Morgan fingerprint density at radius 3 is 2.74 bits per heavy atom. The van der Waals surface area contributed by atoms with E-state index in [2.05, 4.69) is 5.32 Å². The molecule has 0 spiro atoms. The van der Waals surface area contributed by atoms with Crippen molar-refractivity contribution >= 4 is 40.6 Å². The van der Waals surface area contributed by atoms with Crippen LogP contribution >= 0.6 is 24.0 Å². The Hall–Kier alpha value is -1.27. The zero-order valence-electron chi connectivity index (χ0n) is 11.4. The van der Waals surface area contributed by atoms with Crippen LogP contribution in [0.1, 0.15) is 12.5 Å². The van der Waals surface area contributed by atoms with Gasteiger partial charge in [0.2, 0.25) is 5.91 Å². The molecule has 0 heterocycles. The van der Waals surface area contributed by atoms with Gasteiger partial charge in [-0.05, 0) is 25.3 Å². The van der Waals surface area contributed by atoms with E-state index in [0.29, 0.717) is 11.5 Å². The number of amides is 1. The van der Waals surface area contributed by atoms with Gasteiger partial charge in [-0.3, -0.25) is 4.79 Å². The Balaban J connectivity index is 3.05. The van der Waals surface area contributed by atoms with Gasteiger partial charge in [0.05, 0.1) is 6.54 Å². The molecule has 4 nitrogen and oxygen atoms in total. The first-order valence-electron chi connectivity index (χ1n) is 5.95. The standard InChI is InChI=1S/C13H19N3OS2/c1-4-15-11(17)8-16(2)9-6-5-7-10(19-3)12(9)13(14)18/h5-7H,4,8H2,1-3H3,(H2,14,18)(H,15,17). The molecule has 0 radical (unpaired) electrons. The zero-order chi connectivity index (χ0) is 14.4. The minimum atomic E-state index is -0.0200. The van der Waals surface area contributed by atoms with E-state index in [1.54, 1.807) is 11.8 Å². The summed E-state index contributed by atoms with van der Waals surface area (Å²) in [4.78, 5) is 14.9. The van der Waals surface area contributed by atoms with E-state index in [1.165, 1.54) is 0 Å². The summed E-state index contributed by atoms with van der Waals surface area (Å²) < 4.78 is 0. The lowest BCUT2D eigenvalue weighted by molar-refractivity contribution is -0.119. The molecule has 3 N–H and O–H groups in total. The highest BCUT2D eigenvalue weighted by molar-refractivity contribution is 7.98. The lowest BCUT2D eigenvalue weighted by atomic mass is 10.1. The number of nitrogens with two attached hydrogens (primary N) is 1. The van der Waals surface area contributed by atoms with Gasteiger partial charge in [0.15, 0.2) is 0 Å². The molecule has 1 amide bonds. The molecule has 0 bridgehead atoms. The maximum Gasteiger partial charge on any atom is 0.239 e. The number of thiocarbonyl (C=S) groups is 1. The maximum atomic E-state index is 11.6. The molecule has 0 saturated heterocycles. The van der Waals surface area contributed by atoms with E-state index in [9.17, 15) is 4.79 Å². The first kappa shape index (κ1) is 15.8. The normalized spacial score (nSPS) is 10.1. The second kappa shape index (κ2) is 7.35. The van der Waals surface area contributed by atoms with Crippen LogP contribution in [0, 0.1) is 0 Å². The molecule has 6 heteroatoms. The van der Waals surface area contributed by atoms with Crippen LogP contribution < -0.4 is 16.0 Å². The summed E-state index contributed by atoms with van der Waals surface area (Å²) >= 11 is 6.71. The Labute approximate surface area is 123 Å². The van der Waals surface area contributed by atoms with Crippen molar-refractivity contribution < 1.29 is 4.79 Å². The monoisotopic (exact) mass is 297 g/mol. The first-order valence-corrected chi connectivity index (χ1v) is 7.59. The van der Waals surface area contributed by atoms with Crippen molar-refractivity contribution in [3.63, 3.8) is 0 Å². The number of likely N-dealkylation sites (N-methyl/N-ethyl adjacent to an activating group) is 2. The van der Waals surface area contributed by atoms with Crippen molar-refractivity contribution in [2.75, 3.05) is 31.3 Å². The summed E-state index contributed by atoms with van der Waals surface area (Å²) in [5.74, 6) is -0.0200. The maximum absolute atomic E-state index is 11.6. The van der Waals surface area contributed by atoms with Crippen molar-refractivity contribution in [1.29, 1.82) is 0 Å². The summed E-state index contributed by atoms with van der Waals surface area (Å²) in [5.41, 5.74) is 7.52. The van der Waals surface area contributed by atoms with Gasteiger partial charge in [-0.25, -0.2) is 0 Å². The van der Waals surface area contributed by atoms with Gasteiger partial charge < -0.3 is 16.0 Å². The number of benzene rings is 1. The first-order chi connectivity index (χ1) is 9.01. The molecule has 1 rings (SSSR count). The molecular formula is C13H19N3OS2. The zero-order valence-corrected chi connectivity index (χ0v) is 13.0. The number of nitrogens with zero attached hydrogens (tertiary/aromatic N) is 1. The molecular weight excluding hydrogens is 278 g/mol. The third kappa shape index (κ3) is 4.11. The lowest BCUT2D eigenvalue weighted by Gasteiger charge is -2.23. The van der Waals surface area contributed by atoms with Crippen LogP contribution in [0.3, 0.4) is 0 Å². The third-order valence-corrected chi connectivity index (χ3v) is 3.62. The number of anilines is 1. The van der Waals surface area contributed by atoms with Crippen molar-refractivity contribution in [2.24, 2.45) is 5.73 Å². The van der Waals surface area contributed by atoms with Gasteiger partial charge in [-0.15, -0.1) is 11.8 Å².